The molecular formula is C21H23ClN2O3. The fourth-order valence-electron chi connectivity index (χ4n) is 4.31. The number of aromatic amines is 1. The Morgan fingerprint density at radius 2 is 2.00 bits per heavy atom. The number of nitrogens with zero attached hydrogens (tertiary/aromatic N) is 1. The Balaban J connectivity index is 1.35. The van der Waals surface area contributed by atoms with Gasteiger partial charge in [0.05, 0.1) is 6.61 Å². The average molecular weight is 387 g/mol. The Morgan fingerprint density at radius 3 is 2.74 bits per heavy atom. The Hall–Kier alpha value is -1.82. The molecule has 0 amide bonds. The first-order chi connectivity index (χ1) is 13.1. The zero-order valence-corrected chi connectivity index (χ0v) is 15.9. The van der Waals surface area contributed by atoms with E-state index in [0.29, 0.717) is 6.61 Å². The summed E-state index contributed by atoms with van der Waals surface area (Å²) >= 11 is 6.17. The lowest BCUT2D eigenvalue weighted by atomic mass is 9.89. The quantitative estimate of drug-likeness (QED) is 0.849. The Labute approximate surface area is 163 Å². The molecule has 3 heterocycles. The lowest BCUT2D eigenvalue weighted by Crippen LogP contribution is -2.54. The van der Waals surface area contributed by atoms with Crippen LogP contribution in [0.3, 0.4) is 0 Å². The molecular weight excluding hydrogens is 364 g/mol. The third-order valence-electron chi connectivity index (χ3n) is 6.21. The second-order valence-corrected chi connectivity index (χ2v) is 8.16. The number of likely N-dealkylation sites (tertiary alicyclic amines) is 1. The van der Waals surface area contributed by atoms with Crippen molar-refractivity contribution in [2.45, 2.75) is 50.5 Å². The number of rotatable bonds is 2. The van der Waals surface area contributed by atoms with Crippen molar-refractivity contribution in [1.82, 2.24) is 9.88 Å². The fraction of sp³-hybridized carbons (Fsp3) is 0.476. The van der Waals surface area contributed by atoms with Crippen molar-refractivity contribution < 1.29 is 9.47 Å². The van der Waals surface area contributed by atoms with Gasteiger partial charge in [0.2, 0.25) is 5.79 Å². The van der Waals surface area contributed by atoms with Crippen molar-refractivity contribution in [2.75, 3.05) is 13.1 Å². The van der Waals surface area contributed by atoms with Gasteiger partial charge in [0.25, 0.3) is 5.56 Å². The van der Waals surface area contributed by atoms with Crippen molar-refractivity contribution in [2.24, 2.45) is 0 Å². The molecule has 1 aromatic carbocycles. The predicted octanol–water partition coefficient (Wildman–Crippen LogP) is 3.95. The smallest absolute Gasteiger partial charge is 0.267 e. The van der Waals surface area contributed by atoms with Gasteiger partial charge >= 0.3 is 0 Å². The normalized spacial score (nSPS) is 22.1. The number of piperidine rings is 1. The van der Waals surface area contributed by atoms with E-state index in [9.17, 15) is 4.79 Å². The predicted molar refractivity (Wildman–Crippen MR) is 104 cm³/mol. The highest BCUT2D eigenvalue weighted by molar-refractivity contribution is 6.33. The Morgan fingerprint density at radius 1 is 1.19 bits per heavy atom. The van der Waals surface area contributed by atoms with E-state index in [1.807, 2.05) is 24.3 Å². The standard InChI is InChI=1S/C21H23ClN2O3/c22-19-17(6-9-23-20(19)25)14-4-5-18-15(12-14)13-26-21(27-18)7-10-24(11-8-21)16-2-1-3-16/h4-6,9,12,16H,1-3,7-8,10-11,13H2,(H,23,25). The molecule has 27 heavy (non-hydrogen) atoms. The van der Waals surface area contributed by atoms with Crippen LogP contribution in [0.2, 0.25) is 5.02 Å². The molecule has 0 bridgehead atoms. The van der Waals surface area contributed by atoms with Crippen molar-refractivity contribution in [3.63, 3.8) is 0 Å². The van der Waals surface area contributed by atoms with Gasteiger partial charge in [-0.2, -0.15) is 0 Å². The van der Waals surface area contributed by atoms with E-state index in [-0.39, 0.29) is 10.6 Å². The molecule has 1 saturated carbocycles. The van der Waals surface area contributed by atoms with Crippen molar-refractivity contribution in [3.05, 3.63) is 51.4 Å². The third kappa shape index (κ3) is 3.08. The number of fused-ring (bicyclic) bond motifs is 1. The summed E-state index contributed by atoms with van der Waals surface area (Å²) in [7, 11) is 0. The molecule has 0 atom stereocenters. The lowest BCUT2D eigenvalue weighted by Gasteiger charge is -2.47. The fourth-order valence-corrected chi connectivity index (χ4v) is 4.54. The van der Waals surface area contributed by atoms with Gasteiger partial charge in [0, 0.05) is 49.3 Å². The summed E-state index contributed by atoms with van der Waals surface area (Å²) in [6.45, 7) is 2.61. The molecule has 0 unspecified atom stereocenters. The number of benzene rings is 1. The van der Waals surface area contributed by atoms with E-state index >= 15 is 0 Å². The first-order valence-corrected chi connectivity index (χ1v) is 10.1. The number of ether oxygens (including phenoxy) is 2. The van der Waals surface area contributed by atoms with Gasteiger partial charge in [-0.25, -0.2) is 0 Å². The molecule has 6 heteroatoms. The topological polar surface area (TPSA) is 54.6 Å². The van der Waals surface area contributed by atoms with Crippen LogP contribution in [-0.4, -0.2) is 34.8 Å². The van der Waals surface area contributed by atoms with Crippen molar-refractivity contribution in [3.8, 4) is 16.9 Å². The van der Waals surface area contributed by atoms with Crippen molar-refractivity contribution >= 4 is 11.6 Å². The van der Waals surface area contributed by atoms with Crippen molar-refractivity contribution in [1.29, 1.82) is 0 Å². The van der Waals surface area contributed by atoms with Gasteiger partial charge in [-0.1, -0.05) is 24.1 Å². The van der Waals surface area contributed by atoms with E-state index in [1.165, 1.54) is 19.3 Å². The Kier molecular flexibility index (Phi) is 4.26. The number of hydrogen-bond acceptors (Lipinski definition) is 4. The van der Waals surface area contributed by atoms with E-state index in [1.54, 1.807) is 6.20 Å². The van der Waals surface area contributed by atoms with Gasteiger partial charge in [0.15, 0.2) is 0 Å². The monoisotopic (exact) mass is 386 g/mol. The molecule has 1 aliphatic carbocycles. The molecule has 1 N–H and O–H groups in total. The zero-order chi connectivity index (χ0) is 18.4. The highest BCUT2D eigenvalue weighted by atomic mass is 35.5. The summed E-state index contributed by atoms with van der Waals surface area (Å²) in [6.07, 6.45) is 7.47. The summed E-state index contributed by atoms with van der Waals surface area (Å²) in [6, 6.07) is 8.53. The van der Waals surface area contributed by atoms with Gasteiger partial charge in [-0.3, -0.25) is 9.69 Å². The third-order valence-corrected chi connectivity index (χ3v) is 6.58. The minimum atomic E-state index is -0.490. The molecule has 1 spiro atoms. The van der Waals surface area contributed by atoms with Crippen LogP contribution in [-0.2, 0) is 11.3 Å². The zero-order valence-electron chi connectivity index (χ0n) is 15.2. The Bertz CT molecular complexity index is 914. The highest BCUT2D eigenvalue weighted by Gasteiger charge is 2.42. The average Bonchev–Trinajstić information content (AvgIpc) is 2.64. The van der Waals surface area contributed by atoms with Crippen LogP contribution >= 0.6 is 11.6 Å². The maximum absolute atomic E-state index is 11.8. The van der Waals surface area contributed by atoms with Gasteiger partial charge in [0.1, 0.15) is 10.8 Å². The van der Waals surface area contributed by atoms with E-state index < -0.39 is 5.79 Å². The minimum Gasteiger partial charge on any atom is -0.462 e. The maximum Gasteiger partial charge on any atom is 0.267 e. The van der Waals surface area contributed by atoms with Crippen LogP contribution < -0.4 is 10.3 Å². The maximum atomic E-state index is 11.8. The first kappa shape index (κ1) is 17.3. The van der Waals surface area contributed by atoms with Gasteiger partial charge in [-0.05, 0) is 36.6 Å². The van der Waals surface area contributed by atoms with Crippen LogP contribution in [0.1, 0.15) is 37.7 Å². The molecule has 5 rings (SSSR count). The molecule has 5 nitrogen and oxygen atoms in total. The SMILES string of the molecule is O=c1[nH]ccc(-c2ccc3c(c2)COC2(CCN(C4CCC4)CC2)O3)c1Cl. The number of hydrogen-bond donors (Lipinski definition) is 1. The summed E-state index contributed by atoms with van der Waals surface area (Å²) in [5, 5.41) is 0.204. The molecule has 0 radical (unpaired) electrons. The van der Waals surface area contributed by atoms with Gasteiger partial charge in [-0.15, -0.1) is 0 Å². The molecule has 142 valence electrons. The number of halogens is 1. The van der Waals surface area contributed by atoms with Crippen LogP contribution in [0, 0.1) is 0 Å². The van der Waals surface area contributed by atoms with Crippen LogP contribution in [0.4, 0.5) is 0 Å². The molecule has 2 fully saturated rings. The second-order valence-electron chi connectivity index (χ2n) is 7.78. The van der Waals surface area contributed by atoms with Crippen LogP contribution in [0.5, 0.6) is 5.75 Å². The first-order valence-electron chi connectivity index (χ1n) is 9.71. The summed E-state index contributed by atoms with van der Waals surface area (Å²) < 4.78 is 12.5. The molecule has 1 saturated heterocycles. The highest BCUT2D eigenvalue weighted by Crippen LogP contribution is 2.40. The van der Waals surface area contributed by atoms with Crippen LogP contribution in [0.15, 0.2) is 35.3 Å². The summed E-state index contributed by atoms with van der Waals surface area (Å²) in [5.41, 5.74) is 2.33. The summed E-state index contributed by atoms with van der Waals surface area (Å²) in [4.78, 5) is 16.9. The molecule has 1 aromatic heterocycles. The second kappa shape index (κ2) is 6.66. The molecule has 2 aromatic rings. The lowest BCUT2D eigenvalue weighted by molar-refractivity contribution is -0.231. The van der Waals surface area contributed by atoms with E-state index in [0.717, 1.165) is 54.4 Å². The molecule has 3 aliphatic rings. The number of aromatic nitrogens is 1. The number of nitrogens with one attached hydrogen (secondary N) is 1. The largest absolute Gasteiger partial charge is 0.462 e. The van der Waals surface area contributed by atoms with Gasteiger partial charge < -0.3 is 14.5 Å². The minimum absolute atomic E-state index is 0.204. The number of H-pyrrole nitrogens is 1. The number of pyridine rings is 1. The van der Waals surface area contributed by atoms with Crippen LogP contribution in [0.25, 0.3) is 11.1 Å². The molecule has 2 aliphatic heterocycles. The summed E-state index contributed by atoms with van der Waals surface area (Å²) in [5.74, 6) is 0.388. The van der Waals surface area contributed by atoms with E-state index in [4.69, 9.17) is 21.1 Å². The van der Waals surface area contributed by atoms with E-state index in [2.05, 4.69) is 9.88 Å².